The number of amidine groups is 1. The predicted octanol–water partition coefficient (Wildman–Crippen LogP) is 4.34. The molecule has 2 heterocycles. The molecule has 3 aromatic carbocycles. The van der Waals surface area contributed by atoms with E-state index in [4.69, 9.17) is 14.5 Å². The second kappa shape index (κ2) is 9.12. The van der Waals surface area contributed by atoms with Gasteiger partial charge in [0.05, 0.1) is 18.4 Å². The number of nitrogens with zero attached hydrogens (tertiary/aromatic N) is 3. The maximum Gasteiger partial charge on any atom is 0.218 e. The van der Waals surface area contributed by atoms with Gasteiger partial charge in [0.15, 0.2) is 5.75 Å². The number of ether oxygens (including phenoxy) is 2. The molecule has 0 N–H and O–H groups in total. The van der Waals surface area contributed by atoms with Crippen molar-refractivity contribution in [3.05, 3.63) is 83.4 Å². The third-order valence-electron chi connectivity index (χ3n) is 6.11. The van der Waals surface area contributed by atoms with E-state index in [1.54, 1.807) is 11.4 Å². The molecule has 0 bridgehead atoms. The molecule has 2 aliphatic rings. The summed E-state index contributed by atoms with van der Waals surface area (Å²) >= 11 is 0. The van der Waals surface area contributed by atoms with Gasteiger partial charge in [-0.05, 0) is 42.3 Å². The van der Waals surface area contributed by atoms with Crippen molar-refractivity contribution in [2.45, 2.75) is 12.7 Å². The van der Waals surface area contributed by atoms with E-state index in [2.05, 4.69) is 4.90 Å². The highest BCUT2D eigenvalue weighted by Gasteiger charge is 2.31. The van der Waals surface area contributed by atoms with E-state index in [9.17, 15) is 8.42 Å². The summed E-state index contributed by atoms with van der Waals surface area (Å²) in [6, 6.07) is 20.9. The van der Waals surface area contributed by atoms with E-state index in [-0.39, 0.29) is 5.75 Å². The Hall–Kier alpha value is -3.36. The smallest absolute Gasteiger partial charge is 0.218 e. The Morgan fingerprint density at radius 2 is 1.71 bits per heavy atom. The zero-order valence-electron chi connectivity index (χ0n) is 19.3. The van der Waals surface area contributed by atoms with Crippen LogP contribution in [0.2, 0.25) is 0 Å². The molecule has 176 valence electrons. The largest absolute Gasteiger partial charge is 0.497 e. The number of hydrogen-bond donors (Lipinski definition) is 0. The Balaban J connectivity index is 1.42. The molecule has 0 spiro atoms. The molecule has 0 radical (unpaired) electrons. The minimum atomic E-state index is -3.40. The lowest BCUT2D eigenvalue weighted by Gasteiger charge is -2.36. The minimum Gasteiger partial charge on any atom is -0.497 e. The minimum absolute atomic E-state index is 0.0119. The van der Waals surface area contributed by atoms with Crippen LogP contribution in [0, 0.1) is 6.92 Å². The summed E-state index contributed by atoms with van der Waals surface area (Å²) in [5.41, 5.74) is 3.48. The number of sulfonamides is 1. The summed E-state index contributed by atoms with van der Waals surface area (Å²) < 4.78 is 39.2. The Labute approximate surface area is 200 Å². The summed E-state index contributed by atoms with van der Waals surface area (Å²) in [6.07, 6.45) is 0. The molecule has 34 heavy (non-hydrogen) atoms. The van der Waals surface area contributed by atoms with Crippen LogP contribution in [-0.2, 0) is 15.8 Å². The first-order chi connectivity index (χ1) is 16.4. The molecule has 0 atom stereocenters. The summed E-state index contributed by atoms with van der Waals surface area (Å²) in [5.74, 6) is 2.85. The van der Waals surface area contributed by atoms with Crippen molar-refractivity contribution < 1.29 is 17.9 Å². The van der Waals surface area contributed by atoms with E-state index < -0.39 is 10.0 Å². The number of rotatable bonds is 4. The van der Waals surface area contributed by atoms with Gasteiger partial charge in [-0.3, -0.25) is 0 Å². The van der Waals surface area contributed by atoms with Gasteiger partial charge < -0.3 is 14.4 Å². The van der Waals surface area contributed by atoms with Gasteiger partial charge >= 0.3 is 0 Å². The third kappa shape index (κ3) is 4.51. The van der Waals surface area contributed by atoms with Crippen LogP contribution in [-0.4, -0.2) is 56.7 Å². The molecular weight excluding hydrogens is 450 g/mol. The first-order valence-corrected chi connectivity index (χ1v) is 12.9. The van der Waals surface area contributed by atoms with Gasteiger partial charge in [0.2, 0.25) is 10.0 Å². The molecule has 3 aromatic rings. The van der Waals surface area contributed by atoms with Crippen molar-refractivity contribution >= 4 is 21.5 Å². The Morgan fingerprint density at radius 1 is 0.941 bits per heavy atom. The van der Waals surface area contributed by atoms with Gasteiger partial charge in [-0.15, -0.1) is 0 Å². The van der Waals surface area contributed by atoms with Crippen LogP contribution in [0.3, 0.4) is 0 Å². The fourth-order valence-corrected chi connectivity index (χ4v) is 5.80. The SMILES string of the molecule is COc1ccc2c(c1)Oc1cc(C)ccc1N=C2N1CCN(S(=O)(=O)Cc2ccccc2)CC1. The summed E-state index contributed by atoms with van der Waals surface area (Å²) in [6.45, 7) is 3.91. The topological polar surface area (TPSA) is 71.4 Å². The molecule has 7 nitrogen and oxygen atoms in total. The fraction of sp³-hybridized carbons (Fsp3) is 0.269. The quantitative estimate of drug-likeness (QED) is 0.559. The molecule has 8 heteroatoms. The number of aliphatic imine (C=N–C) groups is 1. The van der Waals surface area contributed by atoms with E-state index in [1.165, 1.54) is 0 Å². The lowest BCUT2D eigenvalue weighted by Crippen LogP contribution is -2.51. The van der Waals surface area contributed by atoms with Crippen molar-refractivity contribution in [3.63, 3.8) is 0 Å². The molecule has 0 amide bonds. The Bertz CT molecular complexity index is 1330. The van der Waals surface area contributed by atoms with Gasteiger partial charge in [-0.25, -0.2) is 13.4 Å². The first-order valence-electron chi connectivity index (χ1n) is 11.3. The number of piperazine rings is 1. The van der Waals surface area contributed by atoms with Crippen LogP contribution in [0.15, 0.2) is 71.7 Å². The van der Waals surface area contributed by atoms with E-state index >= 15 is 0 Å². The van der Waals surface area contributed by atoms with Crippen LogP contribution in [0.25, 0.3) is 0 Å². The standard InChI is InChI=1S/C26H27N3O4S/c1-19-8-11-23-25(16-19)33-24-17-21(32-2)9-10-22(24)26(27-23)28-12-14-29(15-13-28)34(30,31)18-20-6-4-3-5-7-20/h3-11,16-17H,12-15,18H2,1-2H3. The van der Waals surface area contributed by atoms with Crippen molar-refractivity contribution in [3.8, 4) is 17.2 Å². The second-order valence-corrected chi connectivity index (χ2v) is 10.5. The second-order valence-electron chi connectivity index (χ2n) is 8.50. The highest BCUT2D eigenvalue weighted by atomic mass is 32.2. The highest BCUT2D eigenvalue weighted by Crippen LogP contribution is 2.40. The van der Waals surface area contributed by atoms with Crippen LogP contribution >= 0.6 is 0 Å². The first kappa shape index (κ1) is 22.4. The maximum absolute atomic E-state index is 13.0. The molecule has 1 fully saturated rings. The highest BCUT2D eigenvalue weighted by molar-refractivity contribution is 7.88. The van der Waals surface area contributed by atoms with Gasteiger partial charge in [0.25, 0.3) is 0 Å². The van der Waals surface area contributed by atoms with Crippen molar-refractivity contribution in [1.82, 2.24) is 9.21 Å². The Morgan fingerprint density at radius 3 is 2.44 bits per heavy atom. The zero-order chi connectivity index (χ0) is 23.7. The van der Waals surface area contributed by atoms with Crippen LogP contribution in [0.1, 0.15) is 16.7 Å². The molecule has 0 aliphatic carbocycles. The molecule has 0 unspecified atom stereocenters. The van der Waals surface area contributed by atoms with Crippen LogP contribution in [0.4, 0.5) is 5.69 Å². The van der Waals surface area contributed by atoms with E-state index in [0.29, 0.717) is 43.4 Å². The normalized spacial score (nSPS) is 16.1. The van der Waals surface area contributed by atoms with Crippen molar-refractivity contribution in [2.24, 2.45) is 4.99 Å². The summed E-state index contributed by atoms with van der Waals surface area (Å²) in [4.78, 5) is 7.10. The molecule has 0 aromatic heterocycles. The maximum atomic E-state index is 13.0. The molecule has 0 saturated carbocycles. The molecular formula is C26H27N3O4S. The lowest BCUT2D eigenvalue weighted by atomic mass is 10.1. The van der Waals surface area contributed by atoms with Gasteiger partial charge in [0.1, 0.15) is 23.0 Å². The van der Waals surface area contributed by atoms with Gasteiger partial charge in [0, 0.05) is 32.2 Å². The monoisotopic (exact) mass is 477 g/mol. The average Bonchev–Trinajstić information content (AvgIpc) is 3.00. The molecule has 2 aliphatic heterocycles. The lowest BCUT2D eigenvalue weighted by molar-refractivity contribution is 0.266. The number of fused-ring (bicyclic) bond motifs is 2. The zero-order valence-corrected chi connectivity index (χ0v) is 20.1. The number of aryl methyl sites for hydroxylation is 1. The average molecular weight is 478 g/mol. The Kier molecular flexibility index (Phi) is 6.02. The predicted molar refractivity (Wildman–Crippen MR) is 133 cm³/mol. The molecule has 5 rings (SSSR count). The van der Waals surface area contributed by atoms with Crippen LogP contribution in [0.5, 0.6) is 17.2 Å². The summed E-state index contributed by atoms with van der Waals surface area (Å²) in [5, 5.41) is 0. The third-order valence-corrected chi connectivity index (χ3v) is 7.96. The van der Waals surface area contributed by atoms with Gasteiger partial charge in [-0.2, -0.15) is 4.31 Å². The van der Waals surface area contributed by atoms with E-state index in [1.807, 2.05) is 73.7 Å². The van der Waals surface area contributed by atoms with E-state index in [0.717, 1.165) is 28.2 Å². The van der Waals surface area contributed by atoms with Crippen LogP contribution < -0.4 is 9.47 Å². The number of methoxy groups -OCH3 is 1. The van der Waals surface area contributed by atoms with Crippen molar-refractivity contribution in [2.75, 3.05) is 33.3 Å². The molecule has 1 saturated heterocycles. The summed E-state index contributed by atoms with van der Waals surface area (Å²) in [7, 11) is -1.77. The van der Waals surface area contributed by atoms with Crippen molar-refractivity contribution in [1.29, 1.82) is 0 Å². The van der Waals surface area contributed by atoms with Gasteiger partial charge in [-0.1, -0.05) is 36.4 Å². The number of benzene rings is 3. The number of hydrogen-bond acceptors (Lipinski definition) is 6. The fourth-order valence-electron chi connectivity index (χ4n) is 4.28.